The summed E-state index contributed by atoms with van der Waals surface area (Å²) in [7, 11) is 0. The second-order valence-electron chi connectivity index (χ2n) is 1.77. The zero-order chi connectivity index (χ0) is 7.40. The summed E-state index contributed by atoms with van der Waals surface area (Å²) in [5, 5.41) is 0. The van der Waals surface area contributed by atoms with E-state index in [0.717, 1.165) is 20.2 Å². The van der Waals surface area contributed by atoms with Crippen LogP contribution in [0.2, 0.25) is 0 Å². The highest BCUT2D eigenvalue weighted by atomic mass is 127. The number of hydrogen-bond acceptors (Lipinski definition) is 2. The summed E-state index contributed by atoms with van der Waals surface area (Å²) in [6.45, 7) is 0. The van der Waals surface area contributed by atoms with Crippen LogP contribution in [0.1, 0.15) is 11.4 Å². The topological polar surface area (TPSA) is 25.8 Å². The molecule has 1 rings (SSSR count). The third-order valence-electron chi connectivity index (χ3n) is 1.05. The predicted molar refractivity (Wildman–Crippen MR) is 57.5 cm³/mol. The van der Waals surface area contributed by atoms with E-state index in [9.17, 15) is 0 Å². The largest absolute Gasteiger partial charge is 0.241 e. The number of hydrogen-bond donors (Lipinski definition) is 0. The van der Waals surface area contributed by atoms with Gasteiger partial charge in [-0.25, -0.2) is 9.97 Å². The van der Waals surface area contributed by atoms with Gasteiger partial charge in [0.05, 0.1) is 11.4 Å². The number of rotatable bonds is 2. The SMILES string of the molecule is ICc1cc(CI)ncn1. The van der Waals surface area contributed by atoms with E-state index in [0.29, 0.717) is 0 Å². The molecule has 0 radical (unpaired) electrons. The molecule has 54 valence electrons. The van der Waals surface area contributed by atoms with Crippen LogP contribution < -0.4 is 0 Å². The number of nitrogens with zero attached hydrogens (tertiary/aromatic N) is 2. The first kappa shape index (κ1) is 8.63. The first-order valence-corrected chi connectivity index (χ1v) is 5.83. The number of halogens is 2. The summed E-state index contributed by atoms with van der Waals surface area (Å²) in [6, 6.07) is 2.04. The van der Waals surface area contributed by atoms with Crippen LogP contribution >= 0.6 is 45.2 Å². The van der Waals surface area contributed by atoms with Gasteiger partial charge in [-0.3, -0.25) is 0 Å². The highest BCUT2D eigenvalue weighted by Gasteiger charge is 1.93. The van der Waals surface area contributed by atoms with Crippen molar-refractivity contribution in [3.63, 3.8) is 0 Å². The van der Waals surface area contributed by atoms with Crippen LogP contribution in [0, 0.1) is 0 Å². The van der Waals surface area contributed by atoms with Crippen LogP contribution in [0.5, 0.6) is 0 Å². The van der Waals surface area contributed by atoms with E-state index in [1.807, 2.05) is 6.07 Å². The molecule has 10 heavy (non-hydrogen) atoms. The van der Waals surface area contributed by atoms with Crippen LogP contribution in [0.3, 0.4) is 0 Å². The molecule has 0 spiro atoms. The fraction of sp³-hybridized carbons (Fsp3) is 0.333. The van der Waals surface area contributed by atoms with Crippen molar-refractivity contribution >= 4 is 45.2 Å². The Hall–Kier alpha value is 0.540. The van der Waals surface area contributed by atoms with Gasteiger partial charge in [-0.2, -0.15) is 0 Å². The van der Waals surface area contributed by atoms with E-state index in [2.05, 4.69) is 55.1 Å². The third kappa shape index (κ3) is 2.30. The average molecular weight is 360 g/mol. The van der Waals surface area contributed by atoms with E-state index >= 15 is 0 Å². The van der Waals surface area contributed by atoms with Crippen molar-refractivity contribution in [2.24, 2.45) is 0 Å². The highest BCUT2D eigenvalue weighted by molar-refractivity contribution is 14.1. The van der Waals surface area contributed by atoms with E-state index in [1.54, 1.807) is 6.33 Å². The van der Waals surface area contributed by atoms with Crippen molar-refractivity contribution in [2.45, 2.75) is 8.86 Å². The van der Waals surface area contributed by atoms with Gasteiger partial charge in [0, 0.05) is 8.86 Å². The Kier molecular flexibility index (Phi) is 3.82. The zero-order valence-electron chi connectivity index (χ0n) is 5.22. The molecule has 1 aromatic heterocycles. The molecule has 0 atom stereocenters. The van der Waals surface area contributed by atoms with Gasteiger partial charge >= 0.3 is 0 Å². The second kappa shape index (κ2) is 4.42. The van der Waals surface area contributed by atoms with Gasteiger partial charge in [0.25, 0.3) is 0 Å². The highest BCUT2D eigenvalue weighted by Crippen LogP contribution is 2.05. The molecule has 4 heteroatoms. The van der Waals surface area contributed by atoms with Crippen molar-refractivity contribution in [1.29, 1.82) is 0 Å². The molecular weight excluding hydrogens is 354 g/mol. The Morgan fingerprint density at radius 2 is 1.60 bits per heavy atom. The maximum atomic E-state index is 4.08. The second-order valence-corrected chi connectivity index (χ2v) is 3.29. The molecule has 1 aromatic rings. The van der Waals surface area contributed by atoms with Crippen molar-refractivity contribution in [3.05, 3.63) is 23.8 Å². The quantitative estimate of drug-likeness (QED) is 0.598. The molecule has 0 unspecified atom stereocenters. The summed E-state index contributed by atoms with van der Waals surface area (Å²) in [5.41, 5.74) is 2.23. The Bertz CT molecular complexity index is 195. The van der Waals surface area contributed by atoms with Gasteiger partial charge in [-0.1, -0.05) is 45.2 Å². The summed E-state index contributed by atoms with van der Waals surface area (Å²) in [5.74, 6) is 0. The molecule has 1 heterocycles. The Labute approximate surface area is 87.1 Å². The number of aromatic nitrogens is 2. The van der Waals surface area contributed by atoms with Crippen molar-refractivity contribution in [1.82, 2.24) is 9.97 Å². The van der Waals surface area contributed by atoms with Gasteiger partial charge in [0.2, 0.25) is 0 Å². The van der Waals surface area contributed by atoms with E-state index < -0.39 is 0 Å². The molecule has 0 saturated carbocycles. The first-order chi connectivity index (χ1) is 4.86. The molecule has 0 aromatic carbocycles. The molecule has 2 nitrogen and oxygen atoms in total. The van der Waals surface area contributed by atoms with Gasteiger partial charge in [0.15, 0.2) is 0 Å². The molecule has 0 bridgehead atoms. The summed E-state index contributed by atoms with van der Waals surface area (Å²) >= 11 is 4.59. The minimum Gasteiger partial charge on any atom is -0.241 e. The molecule has 0 fully saturated rings. The van der Waals surface area contributed by atoms with Crippen LogP contribution in [-0.2, 0) is 8.86 Å². The first-order valence-electron chi connectivity index (χ1n) is 2.78. The fourth-order valence-electron chi connectivity index (χ4n) is 0.590. The maximum absolute atomic E-state index is 4.08. The molecule has 0 aliphatic rings. The van der Waals surface area contributed by atoms with Crippen LogP contribution in [0.4, 0.5) is 0 Å². The molecule has 0 saturated heterocycles. The van der Waals surface area contributed by atoms with E-state index in [4.69, 9.17) is 0 Å². The van der Waals surface area contributed by atoms with Crippen molar-refractivity contribution in [2.75, 3.05) is 0 Å². The maximum Gasteiger partial charge on any atom is 0.115 e. The minimum absolute atomic E-state index is 0.962. The summed E-state index contributed by atoms with van der Waals surface area (Å²) < 4.78 is 1.92. The lowest BCUT2D eigenvalue weighted by molar-refractivity contribution is 1.05. The molecule has 0 aliphatic heterocycles. The molecule has 0 N–H and O–H groups in total. The lowest BCUT2D eigenvalue weighted by Crippen LogP contribution is -1.90. The lowest BCUT2D eigenvalue weighted by Gasteiger charge is -1.95. The Morgan fingerprint density at radius 1 is 1.10 bits per heavy atom. The number of alkyl halides is 2. The monoisotopic (exact) mass is 360 g/mol. The normalized spacial score (nSPS) is 9.80. The van der Waals surface area contributed by atoms with Crippen molar-refractivity contribution < 1.29 is 0 Å². The lowest BCUT2D eigenvalue weighted by atomic mass is 10.4. The average Bonchev–Trinajstić information content (AvgIpc) is 2.05. The van der Waals surface area contributed by atoms with Gasteiger partial charge in [0.1, 0.15) is 6.33 Å². The third-order valence-corrected chi connectivity index (χ3v) is 2.62. The summed E-state index contributed by atoms with van der Waals surface area (Å²) in [4.78, 5) is 8.17. The molecule has 0 aliphatic carbocycles. The molecule has 0 amide bonds. The van der Waals surface area contributed by atoms with Crippen LogP contribution in [0.15, 0.2) is 12.4 Å². The van der Waals surface area contributed by atoms with Gasteiger partial charge in [-0.15, -0.1) is 0 Å². The summed E-state index contributed by atoms with van der Waals surface area (Å²) in [6.07, 6.45) is 1.63. The standard InChI is InChI=1S/C6H6I2N2/c7-2-5-1-6(3-8)10-4-9-5/h1,4H,2-3H2. The Balaban J connectivity index is 2.87. The molecular formula is C6H6I2N2. The van der Waals surface area contributed by atoms with E-state index in [1.165, 1.54) is 0 Å². The zero-order valence-corrected chi connectivity index (χ0v) is 9.53. The van der Waals surface area contributed by atoms with Gasteiger partial charge < -0.3 is 0 Å². The smallest absolute Gasteiger partial charge is 0.115 e. The van der Waals surface area contributed by atoms with E-state index in [-0.39, 0.29) is 0 Å². The predicted octanol–water partition coefficient (Wildman–Crippen LogP) is 2.35. The fourth-order valence-corrected chi connectivity index (χ4v) is 1.42. The van der Waals surface area contributed by atoms with Crippen molar-refractivity contribution in [3.8, 4) is 0 Å². The van der Waals surface area contributed by atoms with Crippen LogP contribution in [-0.4, -0.2) is 9.97 Å². The Morgan fingerprint density at radius 3 is 2.00 bits per heavy atom. The van der Waals surface area contributed by atoms with Gasteiger partial charge in [-0.05, 0) is 6.07 Å². The van der Waals surface area contributed by atoms with Crippen LogP contribution in [0.25, 0.3) is 0 Å². The minimum atomic E-state index is 0.962.